The van der Waals surface area contributed by atoms with Gasteiger partial charge in [0, 0.05) is 12.5 Å². The third-order valence-corrected chi connectivity index (χ3v) is 3.37. The molecule has 2 rings (SSSR count). The lowest BCUT2D eigenvalue weighted by atomic mass is 10.1. The van der Waals surface area contributed by atoms with Gasteiger partial charge in [0.05, 0.1) is 24.0 Å². The Bertz CT molecular complexity index is 849. The average molecular weight is 344 g/mol. The highest BCUT2D eigenvalue weighted by Crippen LogP contribution is 2.21. The summed E-state index contributed by atoms with van der Waals surface area (Å²) < 4.78 is 18.4. The fourth-order valence-electron chi connectivity index (χ4n) is 2.19. The standard InChI is InChI=1S/C18H17FN2O4/c1-10-4-7-15(13(8-10)18(24)25-3)21-17(23)12-5-6-14(19)16(9-12)20-11(2)22/h4-9H,1-3H3,(H,20,22)(H,21,23). The van der Waals surface area contributed by atoms with Crippen LogP contribution in [-0.2, 0) is 9.53 Å². The van der Waals surface area contributed by atoms with Crippen molar-refractivity contribution in [2.24, 2.45) is 0 Å². The summed E-state index contributed by atoms with van der Waals surface area (Å²) in [5.74, 6) is -2.25. The van der Waals surface area contributed by atoms with E-state index in [1.165, 1.54) is 26.2 Å². The van der Waals surface area contributed by atoms with E-state index < -0.39 is 23.6 Å². The van der Waals surface area contributed by atoms with Gasteiger partial charge in [0.1, 0.15) is 5.82 Å². The summed E-state index contributed by atoms with van der Waals surface area (Å²) in [6, 6.07) is 8.48. The molecule has 2 N–H and O–H groups in total. The number of methoxy groups -OCH3 is 1. The average Bonchev–Trinajstić information content (AvgIpc) is 2.57. The van der Waals surface area contributed by atoms with E-state index in [1.54, 1.807) is 25.1 Å². The van der Waals surface area contributed by atoms with Gasteiger partial charge >= 0.3 is 5.97 Å². The van der Waals surface area contributed by atoms with E-state index in [1.807, 2.05) is 0 Å². The van der Waals surface area contributed by atoms with Gasteiger partial charge in [-0.25, -0.2) is 9.18 Å². The predicted molar refractivity (Wildman–Crippen MR) is 91.2 cm³/mol. The summed E-state index contributed by atoms with van der Waals surface area (Å²) in [7, 11) is 1.25. The number of aryl methyl sites for hydroxylation is 1. The van der Waals surface area contributed by atoms with Crippen molar-refractivity contribution in [2.45, 2.75) is 13.8 Å². The number of rotatable bonds is 4. The van der Waals surface area contributed by atoms with E-state index >= 15 is 0 Å². The number of benzene rings is 2. The lowest BCUT2D eigenvalue weighted by molar-refractivity contribution is -0.114. The maximum atomic E-state index is 13.7. The zero-order valence-electron chi connectivity index (χ0n) is 14.0. The number of amides is 2. The van der Waals surface area contributed by atoms with Crippen LogP contribution in [0.3, 0.4) is 0 Å². The summed E-state index contributed by atoms with van der Waals surface area (Å²) in [6.45, 7) is 3.04. The van der Waals surface area contributed by atoms with Crippen molar-refractivity contribution < 1.29 is 23.5 Å². The van der Waals surface area contributed by atoms with Crippen LogP contribution in [0.2, 0.25) is 0 Å². The van der Waals surface area contributed by atoms with Crippen LogP contribution in [0.5, 0.6) is 0 Å². The molecule has 130 valence electrons. The van der Waals surface area contributed by atoms with E-state index in [4.69, 9.17) is 4.74 Å². The molecule has 6 nitrogen and oxygen atoms in total. The van der Waals surface area contributed by atoms with Gasteiger partial charge in [0.15, 0.2) is 0 Å². The lowest BCUT2D eigenvalue weighted by Crippen LogP contribution is -2.16. The first-order valence-electron chi connectivity index (χ1n) is 7.39. The Morgan fingerprint density at radius 1 is 1.00 bits per heavy atom. The van der Waals surface area contributed by atoms with Crippen LogP contribution >= 0.6 is 0 Å². The summed E-state index contributed by atoms with van der Waals surface area (Å²) in [4.78, 5) is 35.4. The zero-order chi connectivity index (χ0) is 18.6. The third kappa shape index (κ3) is 4.41. The number of ether oxygens (including phenoxy) is 1. The number of carbonyl (C=O) groups excluding carboxylic acids is 3. The molecule has 0 aliphatic carbocycles. The van der Waals surface area contributed by atoms with Crippen molar-refractivity contribution >= 4 is 29.2 Å². The summed E-state index contributed by atoms with van der Waals surface area (Å²) in [6.07, 6.45) is 0. The second-order valence-electron chi connectivity index (χ2n) is 5.37. The largest absolute Gasteiger partial charge is 0.465 e. The molecule has 0 aliphatic rings. The molecule has 0 aromatic heterocycles. The Hall–Kier alpha value is -3.22. The topological polar surface area (TPSA) is 84.5 Å². The number of hydrogen-bond donors (Lipinski definition) is 2. The molecule has 0 saturated carbocycles. The van der Waals surface area contributed by atoms with Crippen molar-refractivity contribution in [3.63, 3.8) is 0 Å². The Kier molecular flexibility index (Phi) is 5.49. The van der Waals surface area contributed by atoms with Crippen molar-refractivity contribution in [1.82, 2.24) is 0 Å². The first-order valence-corrected chi connectivity index (χ1v) is 7.39. The number of anilines is 2. The molecule has 0 spiro atoms. The van der Waals surface area contributed by atoms with Crippen molar-refractivity contribution in [2.75, 3.05) is 17.7 Å². The molecule has 0 unspecified atom stereocenters. The summed E-state index contributed by atoms with van der Waals surface area (Å²) in [5, 5.41) is 4.90. The van der Waals surface area contributed by atoms with Gasteiger partial charge in [-0.15, -0.1) is 0 Å². The molecule has 0 atom stereocenters. The molecule has 2 amide bonds. The van der Waals surface area contributed by atoms with Crippen molar-refractivity contribution in [1.29, 1.82) is 0 Å². The highest BCUT2D eigenvalue weighted by Gasteiger charge is 2.16. The summed E-state index contributed by atoms with van der Waals surface area (Å²) >= 11 is 0. The molecule has 7 heteroatoms. The number of esters is 1. The van der Waals surface area contributed by atoms with Gasteiger partial charge in [-0.05, 0) is 37.3 Å². The normalized spacial score (nSPS) is 10.1. The minimum Gasteiger partial charge on any atom is -0.465 e. The first-order chi connectivity index (χ1) is 11.8. The summed E-state index contributed by atoms with van der Waals surface area (Å²) in [5.41, 5.74) is 1.33. The molecular weight excluding hydrogens is 327 g/mol. The van der Waals surface area contributed by atoms with Gasteiger partial charge in [0.25, 0.3) is 5.91 Å². The monoisotopic (exact) mass is 344 g/mol. The van der Waals surface area contributed by atoms with Gasteiger partial charge in [-0.3, -0.25) is 9.59 Å². The molecule has 0 saturated heterocycles. The van der Waals surface area contributed by atoms with Crippen molar-refractivity contribution in [3.8, 4) is 0 Å². The van der Waals surface area contributed by atoms with Crippen LogP contribution in [0.1, 0.15) is 33.2 Å². The van der Waals surface area contributed by atoms with Crippen LogP contribution in [-0.4, -0.2) is 24.9 Å². The third-order valence-electron chi connectivity index (χ3n) is 3.37. The fraction of sp³-hybridized carbons (Fsp3) is 0.167. The quantitative estimate of drug-likeness (QED) is 0.835. The van der Waals surface area contributed by atoms with Crippen LogP contribution in [0.15, 0.2) is 36.4 Å². The number of carbonyl (C=O) groups is 3. The van der Waals surface area contributed by atoms with E-state index in [0.717, 1.165) is 11.6 Å². The molecule has 0 aliphatic heterocycles. The van der Waals surface area contributed by atoms with E-state index in [0.29, 0.717) is 0 Å². The van der Waals surface area contributed by atoms with Gasteiger partial charge in [-0.2, -0.15) is 0 Å². The molecule has 0 heterocycles. The number of nitrogens with one attached hydrogen (secondary N) is 2. The molecule has 25 heavy (non-hydrogen) atoms. The minimum atomic E-state index is -0.655. The number of halogens is 1. The Balaban J connectivity index is 2.31. The van der Waals surface area contributed by atoms with E-state index in [2.05, 4.69) is 10.6 Å². The van der Waals surface area contributed by atoms with E-state index in [-0.39, 0.29) is 22.5 Å². The maximum Gasteiger partial charge on any atom is 0.339 e. The Morgan fingerprint density at radius 2 is 1.72 bits per heavy atom. The molecular formula is C18H17FN2O4. The van der Waals surface area contributed by atoms with E-state index in [9.17, 15) is 18.8 Å². The van der Waals surface area contributed by atoms with Crippen LogP contribution in [0.4, 0.5) is 15.8 Å². The van der Waals surface area contributed by atoms with Crippen LogP contribution in [0, 0.1) is 12.7 Å². The SMILES string of the molecule is COC(=O)c1cc(C)ccc1NC(=O)c1ccc(F)c(NC(C)=O)c1. The molecule has 0 fully saturated rings. The minimum absolute atomic E-state index is 0.0998. The molecule has 0 bridgehead atoms. The van der Waals surface area contributed by atoms with Gasteiger partial charge in [-0.1, -0.05) is 11.6 Å². The lowest BCUT2D eigenvalue weighted by Gasteiger charge is -2.12. The molecule has 2 aromatic rings. The predicted octanol–water partition coefficient (Wildman–Crippen LogP) is 3.13. The smallest absolute Gasteiger partial charge is 0.339 e. The second-order valence-corrected chi connectivity index (χ2v) is 5.37. The Morgan fingerprint density at radius 3 is 2.36 bits per heavy atom. The second kappa shape index (κ2) is 7.57. The molecule has 2 aromatic carbocycles. The fourth-order valence-corrected chi connectivity index (χ4v) is 2.19. The Labute approximate surface area is 144 Å². The van der Waals surface area contributed by atoms with Gasteiger partial charge in [0.2, 0.25) is 5.91 Å². The maximum absolute atomic E-state index is 13.7. The van der Waals surface area contributed by atoms with Gasteiger partial charge < -0.3 is 15.4 Å². The number of hydrogen-bond acceptors (Lipinski definition) is 4. The first kappa shape index (κ1) is 18.1. The van der Waals surface area contributed by atoms with Crippen LogP contribution < -0.4 is 10.6 Å². The van der Waals surface area contributed by atoms with Crippen molar-refractivity contribution in [3.05, 3.63) is 58.9 Å². The zero-order valence-corrected chi connectivity index (χ0v) is 14.0. The highest BCUT2D eigenvalue weighted by atomic mass is 19.1. The highest BCUT2D eigenvalue weighted by molar-refractivity contribution is 6.08. The molecule has 0 radical (unpaired) electrons. The van der Waals surface area contributed by atoms with Crippen LogP contribution in [0.25, 0.3) is 0 Å².